The van der Waals surface area contributed by atoms with E-state index in [9.17, 15) is 0 Å². The van der Waals surface area contributed by atoms with Crippen LogP contribution in [0.1, 0.15) is 85.2 Å². The zero-order chi connectivity index (χ0) is 15.2. The van der Waals surface area contributed by atoms with Gasteiger partial charge in [-0.1, -0.05) is 60.6 Å². The molecule has 0 atom stereocenters. The fraction of sp³-hybridized carbons (Fsp3) is 0.647. The summed E-state index contributed by atoms with van der Waals surface area (Å²) < 4.78 is 16.7. The molecule has 0 spiro atoms. The Balaban J connectivity index is 3.68. The van der Waals surface area contributed by atoms with Crippen molar-refractivity contribution < 1.29 is 2.74 Å². The molecule has 1 rings (SSSR count). The maximum Gasteiger partial charge on any atom is 0.0347 e. The minimum absolute atomic E-state index is 0.0354. The predicted octanol–water partition coefficient (Wildman–Crippen LogP) is 5.54. The van der Waals surface area contributed by atoms with E-state index in [1.54, 1.807) is 0 Å². The first-order chi connectivity index (χ1) is 8.24. The molecule has 0 nitrogen and oxygen atoms in total. The van der Waals surface area contributed by atoms with Crippen LogP contribution in [0.2, 0.25) is 0 Å². The molecule has 17 heavy (non-hydrogen) atoms. The average molecular weight is 234 g/mol. The molecule has 0 bridgehead atoms. The number of benzene rings is 1. The highest BCUT2D eigenvalue weighted by Gasteiger charge is 2.19. The van der Waals surface area contributed by atoms with Gasteiger partial charge in [0, 0.05) is 2.74 Å². The molecule has 0 unspecified atom stereocenters. The van der Waals surface area contributed by atoms with Gasteiger partial charge in [0.25, 0.3) is 0 Å². The Hall–Kier alpha value is -0.780. The normalized spacial score (nSPS) is 15.5. The molecule has 0 saturated heterocycles. The van der Waals surface area contributed by atoms with Crippen molar-refractivity contribution in [2.24, 2.45) is 0 Å². The molecule has 0 fully saturated rings. The first-order valence-corrected chi connectivity index (χ1v) is 6.40. The van der Waals surface area contributed by atoms with Crippen molar-refractivity contribution in [2.45, 2.75) is 72.6 Å². The molecule has 0 aromatic heterocycles. The first kappa shape index (κ1) is 11.3. The molecule has 0 aliphatic carbocycles. The fourth-order valence-electron chi connectivity index (χ4n) is 2.19. The van der Waals surface area contributed by atoms with Crippen LogP contribution in [0, 0.1) is 6.92 Å². The zero-order valence-corrected chi connectivity index (χ0v) is 12.7. The zero-order valence-electron chi connectivity index (χ0n) is 14.7. The highest BCUT2D eigenvalue weighted by molar-refractivity contribution is 5.43. The van der Waals surface area contributed by atoms with Crippen molar-refractivity contribution in [3.8, 4) is 0 Å². The lowest BCUT2D eigenvalue weighted by Gasteiger charge is -2.25. The number of rotatable bonds is 2. The summed E-state index contributed by atoms with van der Waals surface area (Å²) >= 11 is 0. The third kappa shape index (κ3) is 3.12. The van der Waals surface area contributed by atoms with Gasteiger partial charge in [0.1, 0.15) is 0 Å². The monoisotopic (exact) mass is 234 g/mol. The van der Waals surface area contributed by atoms with Crippen LogP contribution in [0.15, 0.2) is 12.1 Å². The third-order valence-corrected chi connectivity index (χ3v) is 3.35. The summed E-state index contributed by atoms with van der Waals surface area (Å²) in [7, 11) is 0. The Kier molecular flexibility index (Phi) is 3.22. The average Bonchev–Trinajstić information content (AvgIpc) is 2.11. The lowest BCUT2D eigenvalue weighted by molar-refractivity contribution is 0.586. The van der Waals surface area contributed by atoms with Gasteiger partial charge in [0.2, 0.25) is 0 Å². The highest BCUT2D eigenvalue weighted by Crippen LogP contribution is 2.33. The minimum Gasteiger partial charge on any atom is -0.0587 e. The summed E-state index contributed by atoms with van der Waals surface area (Å²) in [4.78, 5) is 0. The van der Waals surface area contributed by atoms with Crippen molar-refractivity contribution in [1.82, 2.24) is 0 Å². The molecule has 1 aromatic carbocycles. The van der Waals surface area contributed by atoms with Crippen molar-refractivity contribution in [3.63, 3.8) is 0 Å². The largest absolute Gasteiger partial charge is 0.0587 e. The van der Waals surface area contributed by atoms with Crippen LogP contribution in [0.5, 0.6) is 0 Å². The maximum absolute atomic E-state index is 8.35. The molecule has 0 saturated carbocycles. The number of hydrogen-bond acceptors (Lipinski definition) is 0. The molecule has 0 heterocycles. The second kappa shape index (κ2) is 4.84. The van der Waals surface area contributed by atoms with Crippen molar-refractivity contribution in [3.05, 3.63) is 34.4 Å². The molecular formula is C17H28. The second-order valence-corrected chi connectivity index (χ2v) is 6.45. The minimum atomic E-state index is -0.634. The quantitative estimate of drug-likeness (QED) is 0.630. The summed E-state index contributed by atoms with van der Waals surface area (Å²) in [5, 5.41) is 0. The van der Waals surface area contributed by atoms with E-state index in [0.29, 0.717) is 0 Å². The van der Waals surface area contributed by atoms with E-state index < -0.39 is 11.8 Å². The predicted molar refractivity (Wildman–Crippen MR) is 78.1 cm³/mol. The van der Waals surface area contributed by atoms with Gasteiger partial charge in [-0.05, 0) is 46.4 Å². The van der Waals surface area contributed by atoms with Crippen molar-refractivity contribution >= 4 is 0 Å². The summed E-state index contributed by atoms with van der Waals surface area (Å²) in [5.41, 5.74) is 4.41. The first-order valence-electron chi connectivity index (χ1n) is 7.40. The van der Waals surface area contributed by atoms with Crippen LogP contribution < -0.4 is 0 Å². The molecule has 0 N–H and O–H groups in total. The van der Waals surface area contributed by atoms with Gasteiger partial charge in [-0.2, -0.15) is 0 Å². The van der Waals surface area contributed by atoms with Crippen LogP contribution in [0.25, 0.3) is 0 Å². The fourth-order valence-corrected chi connectivity index (χ4v) is 2.19. The van der Waals surface area contributed by atoms with Crippen LogP contribution in [-0.4, -0.2) is 0 Å². The molecule has 0 aliphatic heterocycles. The summed E-state index contributed by atoms with van der Waals surface area (Å²) in [6, 6.07) is 4.30. The van der Waals surface area contributed by atoms with E-state index in [0.717, 1.165) is 16.7 Å². The molecule has 0 heteroatoms. The molecule has 0 aliphatic rings. The van der Waals surface area contributed by atoms with E-state index in [2.05, 4.69) is 32.9 Å². The van der Waals surface area contributed by atoms with Crippen LogP contribution in [-0.2, 0) is 5.41 Å². The van der Waals surface area contributed by atoms with Gasteiger partial charge in [-0.15, -0.1) is 0 Å². The number of hydrogen-bond donors (Lipinski definition) is 0. The Bertz CT molecular complexity index is 431. The van der Waals surface area contributed by atoms with Gasteiger partial charge < -0.3 is 0 Å². The van der Waals surface area contributed by atoms with E-state index in [1.165, 1.54) is 5.56 Å². The van der Waals surface area contributed by atoms with Crippen LogP contribution >= 0.6 is 0 Å². The SMILES string of the molecule is [2H]C(C)(C)c1cc(C(C)(C)C)cc(C([2H])(C)C)c1C. The van der Waals surface area contributed by atoms with Gasteiger partial charge in [0.15, 0.2) is 0 Å². The molecule has 0 radical (unpaired) electrons. The summed E-state index contributed by atoms with van der Waals surface area (Å²) in [5.74, 6) is -1.27. The molecule has 1 aromatic rings. The van der Waals surface area contributed by atoms with E-state index in [1.807, 2.05) is 34.6 Å². The lowest BCUT2D eigenvalue weighted by Crippen LogP contribution is -2.14. The topological polar surface area (TPSA) is 0 Å². The third-order valence-electron chi connectivity index (χ3n) is 3.35. The van der Waals surface area contributed by atoms with Gasteiger partial charge in [-0.25, -0.2) is 0 Å². The van der Waals surface area contributed by atoms with Gasteiger partial charge in [-0.3, -0.25) is 0 Å². The van der Waals surface area contributed by atoms with Gasteiger partial charge >= 0.3 is 0 Å². The van der Waals surface area contributed by atoms with E-state index in [-0.39, 0.29) is 5.41 Å². The van der Waals surface area contributed by atoms with Gasteiger partial charge in [0.05, 0.1) is 0 Å². The Morgan fingerprint density at radius 1 is 0.941 bits per heavy atom. The molecule has 0 amide bonds. The van der Waals surface area contributed by atoms with Crippen LogP contribution in [0.3, 0.4) is 0 Å². The van der Waals surface area contributed by atoms with Crippen molar-refractivity contribution in [2.75, 3.05) is 0 Å². The Morgan fingerprint density at radius 3 is 1.53 bits per heavy atom. The van der Waals surface area contributed by atoms with Crippen LogP contribution in [0.4, 0.5) is 0 Å². The highest BCUT2D eigenvalue weighted by atomic mass is 14.2. The summed E-state index contributed by atoms with van der Waals surface area (Å²) in [6.07, 6.45) is 0. The maximum atomic E-state index is 8.35. The van der Waals surface area contributed by atoms with Crippen molar-refractivity contribution in [1.29, 1.82) is 0 Å². The summed E-state index contributed by atoms with van der Waals surface area (Å²) in [6.45, 7) is 16.3. The second-order valence-electron chi connectivity index (χ2n) is 6.45. The standard InChI is InChI=1S/C17H28/c1-11(2)15-9-14(17(6,7)8)10-16(12(3)4)13(15)5/h9-12H,1-8H3/i11D,12D. The Labute approximate surface area is 110 Å². The Morgan fingerprint density at radius 2 is 1.29 bits per heavy atom. The lowest BCUT2D eigenvalue weighted by atomic mass is 9.80. The van der Waals surface area contributed by atoms with E-state index in [4.69, 9.17) is 2.74 Å². The smallest absolute Gasteiger partial charge is 0.0347 e. The van der Waals surface area contributed by atoms with E-state index >= 15 is 0 Å². The molecular weight excluding hydrogens is 204 g/mol. The molecule has 96 valence electrons.